The average Bonchev–Trinajstić information content (AvgIpc) is 2.50. The largest absolute Gasteiger partial charge is 0.426 e. The molecule has 0 radical (unpaired) electrons. The molecule has 0 N–H and O–H groups in total. The summed E-state index contributed by atoms with van der Waals surface area (Å²) in [6.45, 7) is 5.37. The van der Waals surface area contributed by atoms with Gasteiger partial charge in [0.1, 0.15) is 11.5 Å². The fourth-order valence-corrected chi connectivity index (χ4v) is 1.90. The van der Waals surface area contributed by atoms with E-state index in [1.54, 1.807) is 0 Å². The molecule has 0 saturated carbocycles. The summed E-state index contributed by atoms with van der Waals surface area (Å²) >= 11 is 0. The highest BCUT2D eigenvalue weighted by molar-refractivity contribution is 5.95. The molecule has 0 unspecified atom stereocenters. The fourth-order valence-electron chi connectivity index (χ4n) is 1.90. The smallest absolute Gasteiger partial charge is 0.311 e. The maximum atomic E-state index is 11.7. The van der Waals surface area contributed by atoms with Crippen LogP contribution in [0.4, 0.5) is 0 Å². The molecule has 1 aromatic rings. The zero-order chi connectivity index (χ0) is 17.2. The average molecular weight is 320 g/mol. The summed E-state index contributed by atoms with van der Waals surface area (Å²) in [4.78, 5) is 35.0. The molecule has 0 aliphatic carbocycles. The van der Waals surface area contributed by atoms with Gasteiger partial charge in [-0.25, -0.2) is 0 Å². The molecule has 1 rings (SSSR count). The maximum Gasteiger partial charge on any atom is 0.311 e. The van der Waals surface area contributed by atoms with E-state index < -0.39 is 0 Å². The number of Topliss-reactive ketones (excluding diaryl/α,β-unsaturated/α-hetero) is 1. The molecular formula is C18H24O5. The number of carbonyl (C=O) groups is 3. The second kappa shape index (κ2) is 9.77. The molecule has 0 amide bonds. The van der Waals surface area contributed by atoms with Gasteiger partial charge in [-0.2, -0.15) is 0 Å². The van der Waals surface area contributed by atoms with Gasteiger partial charge in [-0.05, 0) is 31.9 Å². The zero-order valence-corrected chi connectivity index (χ0v) is 14.0. The van der Waals surface area contributed by atoms with Crippen molar-refractivity contribution in [2.45, 2.75) is 59.3 Å². The number of unbranched alkanes of at least 4 members (excludes halogenated alkanes) is 2. The van der Waals surface area contributed by atoms with E-state index in [1.807, 2.05) is 13.8 Å². The summed E-state index contributed by atoms with van der Waals surface area (Å²) in [7, 11) is 0. The van der Waals surface area contributed by atoms with Crippen LogP contribution >= 0.6 is 0 Å². The molecule has 0 aromatic heterocycles. The predicted molar refractivity (Wildman–Crippen MR) is 86.8 cm³/mol. The minimum Gasteiger partial charge on any atom is -0.426 e. The number of esters is 2. The van der Waals surface area contributed by atoms with Gasteiger partial charge in [-0.1, -0.05) is 26.7 Å². The number of rotatable bonds is 9. The van der Waals surface area contributed by atoms with E-state index in [9.17, 15) is 14.4 Å². The monoisotopic (exact) mass is 320 g/mol. The minimum absolute atomic E-state index is 0.192. The summed E-state index contributed by atoms with van der Waals surface area (Å²) in [5.41, 5.74) is 0.337. The van der Waals surface area contributed by atoms with E-state index in [0.29, 0.717) is 18.4 Å². The highest BCUT2D eigenvalue weighted by Crippen LogP contribution is 2.24. The van der Waals surface area contributed by atoms with Crippen molar-refractivity contribution in [1.29, 1.82) is 0 Å². The number of benzene rings is 1. The Bertz CT molecular complexity index is 522. The molecule has 126 valence electrons. The van der Waals surface area contributed by atoms with E-state index in [4.69, 9.17) is 9.47 Å². The summed E-state index contributed by atoms with van der Waals surface area (Å²) in [5, 5.41) is 0. The van der Waals surface area contributed by atoms with E-state index in [1.165, 1.54) is 25.1 Å². The van der Waals surface area contributed by atoms with E-state index >= 15 is 0 Å². The Hall–Kier alpha value is -2.17. The molecule has 23 heavy (non-hydrogen) atoms. The fraction of sp³-hybridized carbons (Fsp3) is 0.500. The zero-order valence-electron chi connectivity index (χ0n) is 14.0. The van der Waals surface area contributed by atoms with Crippen molar-refractivity contribution in [3.05, 3.63) is 23.8 Å². The van der Waals surface area contributed by atoms with Crippen molar-refractivity contribution in [3.8, 4) is 11.5 Å². The van der Waals surface area contributed by atoms with Crippen molar-refractivity contribution < 1.29 is 23.9 Å². The molecule has 5 nitrogen and oxygen atoms in total. The molecule has 5 heteroatoms. The molecule has 0 aliphatic rings. The van der Waals surface area contributed by atoms with Crippen LogP contribution in [0.3, 0.4) is 0 Å². The first-order valence-electron chi connectivity index (χ1n) is 8.03. The molecule has 0 fully saturated rings. The Morgan fingerprint density at radius 3 is 1.61 bits per heavy atom. The Balaban J connectivity index is 2.87. The van der Waals surface area contributed by atoms with Gasteiger partial charge < -0.3 is 9.47 Å². The van der Waals surface area contributed by atoms with Crippen LogP contribution in [0.5, 0.6) is 11.5 Å². The SMILES string of the molecule is CCCCC(=O)Oc1cc(OC(=O)CCCC)cc(C(C)=O)c1. The summed E-state index contributed by atoms with van der Waals surface area (Å²) in [5.74, 6) is -0.483. The van der Waals surface area contributed by atoms with Crippen LogP contribution in [-0.2, 0) is 9.59 Å². The molecular weight excluding hydrogens is 296 g/mol. The van der Waals surface area contributed by atoms with Crippen LogP contribution < -0.4 is 9.47 Å². The first-order chi connectivity index (χ1) is 11.0. The Morgan fingerprint density at radius 2 is 1.26 bits per heavy atom. The topological polar surface area (TPSA) is 69.7 Å². The number of hydrogen-bond acceptors (Lipinski definition) is 5. The number of hydrogen-bond donors (Lipinski definition) is 0. The number of ether oxygens (including phenoxy) is 2. The molecule has 0 atom stereocenters. The lowest BCUT2D eigenvalue weighted by atomic mass is 10.1. The number of ketones is 1. The van der Waals surface area contributed by atoms with E-state index in [0.717, 1.165) is 25.7 Å². The lowest BCUT2D eigenvalue weighted by Crippen LogP contribution is -2.10. The van der Waals surface area contributed by atoms with Crippen LogP contribution in [0.2, 0.25) is 0 Å². The second-order valence-corrected chi connectivity index (χ2v) is 5.40. The Kier molecular flexibility index (Phi) is 8.02. The Labute approximate surface area is 137 Å². The summed E-state index contributed by atoms with van der Waals surface area (Å²) < 4.78 is 10.5. The second-order valence-electron chi connectivity index (χ2n) is 5.40. The normalized spacial score (nSPS) is 10.2. The molecule has 1 aromatic carbocycles. The molecule has 0 spiro atoms. The predicted octanol–water partition coefficient (Wildman–Crippen LogP) is 4.08. The van der Waals surface area contributed by atoms with Crippen LogP contribution in [0, 0.1) is 0 Å². The quantitative estimate of drug-likeness (QED) is 0.389. The van der Waals surface area contributed by atoms with Crippen LogP contribution in [0.1, 0.15) is 69.7 Å². The van der Waals surface area contributed by atoms with Gasteiger partial charge in [0.2, 0.25) is 0 Å². The van der Waals surface area contributed by atoms with Crippen LogP contribution in [0.15, 0.2) is 18.2 Å². The third kappa shape index (κ3) is 7.08. The summed E-state index contributed by atoms with van der Waals surface area (Å²) in [6, 6.07) is 4.42. The lowest BCUT2D eigenvalue weighted by molar-refractivity contribution is -0.134. The van der Waals surface area contributed by atoms with Gasteiger partial charge in [0.15, 0.2) is 5.78 Å². The minimum atomic E-state index is -0.365. The first kappa shape index (κ1) is 18.9. The van der Waals surface area contributed by atoms with Crippen LogP contribution in [-0.4, -0.2) is 17.7 Å². The van der Waals surface area contributed by atoms with Crippen LogP contribution in [0.25, 0.3) is 0 Å². The highest BCUT2D eigenvalue weighted by atomic mass is 16.5. The van der Waals surface area contributed by atoms with E-state index in [2.05, 4.69) is 0 Å². The molecule has 0 bridgehead atoms. The molecule has 0 saturated heterocycles. The van der Waals surface area contributed by atoms with Gasteiger partial charge >= 0.3 is 11.9 Å². The van der Waals surface area contributed by atoms with Gasteiger partial charge in [-0.15, -0.1) is 0 Å². The first-order valence-corrected chi connectivity index (χ1v) is 8.03. The van der Waals surface area contributed by atoms with Crippen molar-refractivity contribution in [2.75, 3.05) is 0 Å². The van der Waals surface area contributed by atoms with Gasteiger partial charge in [0, 0.05) is 24.5 Å². The highest BCUT2D eigenvalue weighted by Gasteiger charge is 2.12. The molecule has 0 aliphatic heterocycles. The third-order valence-corrected chi connectivity index (χ3v) is 3.22. The van der Waals surface area contributed by atoms with Crippen molar-refractivity contribution in [1.82, 2.24) is 0 Å². The van der Waals surface area contributed by atoms with Gasteiger partial charge in [0.05, 0.1) is 0 Å². The number of carbonyl (C=O) groups excluding carboxylic acids is 3. The van der Waals surface area contributed by atoms with Crippen molar-refractivity contribution in [2.24, 2.45) is 0 Å². The Morgan fingerprint density at radius 1 is 0.826 bits per heavy atom. The maximum absolute atomic E-state index is 11.7. The standard InChI is InChI=1S/C18H24O5/c1-4-6-8-17(20)22-15-10-14(13(3)19)11-16(12-15)23-18(21)9-7-5-2/h10-12H,4-9H2,1-3H3. The van der Waals surface area contributed by atoms with E-state index in [-0.39, 0.29) is 29.2 Å². The van der Waals surface area contributed by atoms with Crippen molar-refractivity contribution >= 4 is 17.7 Å². The van der Waals surface area contributed by atoms with Gasteiger partial charge in [-0.3, -0.25) is 14.4 Å². The summed E-state index contributed by atoms with van der Waals surface area (Å²) in [6.07, 6.45) is 3.89. The van der Waals surface area contributed by atoms with Gasteiger partial charge in [0.25, 0.3) is 0 Å². The third-order valence-electron chi connectivity index (χ3n) is 3.22. The van der Waals surface area contributed by atoms with Crippen molar-refractivity contribution in [3.63, 3.8) is 0 Å². The lowest BCUT2D eigenvalue weighted by Gasteiger charge is -2.09. The molecule has 0 heterocycles.